The number of carbonyl (C=O) groups excluding carboxylic acids is 1. The van der Waals surface area contributed by atoms with Crippen molar-refractivity contribution in [1.29, 1.82) is 0 Å². The summed E-state index contributed by atoms with van der Waals surface area (Å²) < 4.78 is 1.99. The molecule has 0 unspecified atom stereocenters. The predicted octanol–water partition coefficient (Wildman–Crippen LogP) is 2.77. The Morgan fingerprint density at radius 2 is 1.88 bits per heavy atom. The third-order valence-corrected chi connectivity index (χ3v) is 4.70. The first kappa shape index (κ1) is 17.0. The van der Waals surface area contributed by atoms with E-state index in [9.17, 15) is 4.79 Å². The van der Waals surface area contributed by atoms with E-state index in [0.29, 0.717) is 6.54 Å². The first-order valence-electron chi connectivity index (χ1n) is 8.66. The van der Waals surface area contributed by atoms with Crippen molar-refractivity contribution in [2.45, 2.75) is 71.1 Å². The lowest BCUT2D eigenvalue weighted by molar-refractivity contribution is -0.122. The fourth-order valence-electron chi connectivity index (χ4n) is 4.24. The van der Waals surface area contributed by atoms with E-state index in [1.165, 1.54) is 0 Å². The maximum atomic E-state index is 12.6. The Kier molecular flexibility index (Phi) is 4.16. The number of aromatic nitrogens is 2. The Bertz CT molecular complexity index is 744. The second-order valence-corrected chi connectivity index (χ2v) is 8.30. The van der Waals surface area contributed by atoms with Gasteiger partial charge in [-0.05, 0) is 59.6 Å². The van der Waals surface area contributed by atoms with Gasteiger partial charge in [-0.15, -0.1) is 0 Å². The highest BCUT2D eigenvalue weighted by molar-refractivity contribution is 5.81. The summed E-state index contributed by atoms with van der Waals surface area (Å²) in [6.45, 7) is 11.0. The van der Waals surface area contributed by atoms with Gasteiger partial charge in [0.1, 0.15) is 12.4 Å². The molecular weight excluding hydrogens is 300 g/mol. The van der Waals surface area contributed by atoms with Crippen LogP contribution in [0, 0.1) is 6.92 Å². The van der Waals surface area contributed by atoms with E-state index in [1.54, 1.807) is 0 Å². The molecule has 5 nitrogen and oxygen atoms in total. The van der Waals surface area contributed by atoms with Crippen molar-refractivity contribution in [3.63, 3.8) is 0 Å². The molecular formula is C19H28N4O. The number of rotatable bonds is 3. The van der Waals surface area contributed by atoms with E-state index < -0.39 is 0 Å². The van der Waals surface area contributed by atoms with Crippen molar-refractivity contribution in [3.8, 4) is 0 Å². The van der Waals surface area contributed by atoms with Gasteiger partial charge in [0.15, 0.2) is 0 Å². The van der Waals surface area contributed by atoms with Crippen LogP contribution < -0.4 is 10.6 Å². The quantitative estimate of drug-likeness (QED) is 0.911. The first-order chi connectivity index (χ1) is 11.2. The van der Waals surface area contributed by atoms with Gasteiger partial charge < -0.3 is 15.2 Å². The summed E-state index contributed by atoms with van der Waals surface area (Å²) in [5.74, 6) is 0.928. The highest BCUT2D eigenvalue weighted by Crippen LogP contribution is 2.28. The standard InChI is InChI=1S/C19H28N4O/c1-13-20-15-8-6-7-9-16(15)23(13)12-17(24)21-14-10-18(2,3)22-19(4,5)11-14/h6-9,14,22H,10-12H2,1-5H3,(H,21,24). The first-order valence-corrected chi connectivity index (χ1v) is 8.66. The molecule has 1 aliphatic rings. The number of imidazole rings is 1. The third kappa shape index (κ3) is 3.61. The lowest BCUT2D eigenvalue weighted by atomic mass is 9.79. The van der Waals surface area contributed by atoms with Crippen molar-refractivity contribution in [3.05, 3.63) is 30.1 Å². The second-order valence-electron chi connectivity index (χ2n) is 8.30. The number of carbonyl (C=O) groups is 1. The number of benzene rings is 1. The Morgan fingerprint density at radius 1 is 1.25 bits per heavy atom. The zero-order valence-corrected chi connectivity index (χ0v) is 15.3. The minimum absolute atomic E-state index is 0.0251. The van der Waals surface area contributed by atoms with Gasteiger partial charge in [-0.25, -0.2) is 4.98 Å². The monoisotopic (exact) mass is 328 g/mol. The summed E-state index contributed by atoms with van der Waals surface area (Å²) in [6, 6.07) is 8.14. The van der Waals surface area contributed by atoms with Gasteiger partial charge in [-0.1, -0.05) is 12.1 Å². The molecule has 1 aromatic heterocycles. The highest BCUT2D eigenvalue weighted by atomic mass is 16.2. The van der Waals surface area contributed by atoms with Gasteiger partial charge in [-0.3, -0.25) is 4.79 Å². The van der Waals surface area contributed by atoms with Gasteiger partial charge in [0.2, 0.25) is 5.91 Å². The van der Waals surface area contributed by atoms with Crippen LogP contribution in [0.4, 0.5) is 0 Å². The molecule has 0 spiro atoms. The van der Waals surface area contributed by atoms with Crippen LogP contribution in [0.1, 0.15) is 46.4 Å². The average Bonchev–Trinajstić information content (AvgIpc) is 2.71. The molecule has 2 aromatic rings. The molecule has 0 saturated carbocycles. The number of nitrogens with zero attached hydrogens (tertiary/aromatic N) is 2. The van der Waals surface area contributed by atoms with E-state index in [2.05, 4.69) is 43.3 Å². The lowest BCUT2D eigenvalue weighted by Gasteiger charge is -2.46. The summed E-state index contributed by atoms with van der Waals surface area (Å²) in [7, 11) is 0. The van der Waals surface area contributed by atoms with Crippen LogP contribution in [0.5, 0.6) is 0 Å². The van der Waals surface area contributed by atoms with Gasteiger partial charge in [0, 0.05) is 17.1 Å². The summed E-state index contributed by atoms with van der Waals surface area (Å²) in [4.78, 5) is 17.1. The zero-order valence-electron chi connectivity index (χ0n) is 15.3. The molecule has 0 aliphatic carbocycles. The van der Waals surface area contributed by atoms with Crippen molar-refractivity contribution in [2.24, 2.45) is 0 Å². The molecule has 1 amide bonds. The van der Waals surface area contributed by atoms with Crippen LogP contribution in [0.25, 0.3) is 11.0 Å². The maximum Gasteiger partial charge on any atom is 0.240 e. The van der Waals surface area contributed by atoms with Crippen molar-refractivity contribution < 1.29 is 4.79 Å². The zero-order chi connectivity index (χ0) is 17.5. The summed E-state index contributed by atoms with van der Waals surface area (Å²) in [5, 5.41) is 6.88. The van der Waals surface area contributed by atoms with Gasteiger partial charge in [0.05, 0.1) is 11.0 Å². The van der Waals surface area contributed by atoms with Gasteiger partial charge in [-0.2, -0.15) is 0 Å². The summed E-state index contributed by atoms with van der Waals surface area (Å²) in [6.07, 6.45) is 1.87. The molecule has 0 radical (unpaired) electrons. The van der Waals surface area contributed by atoms with Crippen LogP contribution in [0.15, 0.2) is 24.3 Å². The minimum atomic E-state index is 0.0251. The van der Waals surface area contributed by atoms with E-state index in [0.717, 1.165) is 29.7 Å². The molecule has 0 bridgehead atoms. The number of nitrogens with one attached hydrogen (secondary N) is 2. The fraction of sp³-hybridized carbons (Fsp3) is 0.579. The number of piperidine rings is 1. The number of amides is 1. The molecule has 2 N–H and O–H groups in total. The number of hydrogen-bond donors (Lipinski definition) is 2. The van der Waals surface area contributed by atoms with Crippen LogP contribution in [0.2, 0.25) is 0 Å². The van der Waals surface area contributed by atoms with Crippen molar-refractivity contribution >= 4 is 16.9 Å². The van der Waals surface area contributed by atoms with Gasteiger partial charge >= 0.3 is 0 Å². The van der Waals surface area contributed by atoms with Crippen LogP contribution >= 0.6 is 0 Å². The van der Waals surface area contributed by atoms with E-state index in [1.807, 2.05) is 35.8 Å². The Labute approximate surface area is 143 Å². The van der Waals surface area contributed by atoms with E-state index in [-0.39, 0.29) is 23.0 Å². The topological polar surface area (TPSA) is 59.0 Å². The molecule has 1 aromatic carbocycles. The molecule has 2 heterocycles. The number of aryl methyl sites for hydroxylation is 1. The number of para-hydroxylation sites is 2. The average molecular weight is 328 g/mol. The van der Waals surface area contributed by atoms with E-state index in [4.69, 9.17) is 0 Å². The normalized spacial score (nSPS) is 20.2. The fourth-order valence-corrected chi connectivity index (χ4v) is 4.24. The van der Waals surface area contributed by atoms with Crippen LogP contribution in [-0.2, 0) is 11.3 Å². The number of fused-ring (bicyclic) bond motifs is 1. The van der Waals surface area contributed by atoms with E-state index >= 15 is 0 Å². The molecule has 1 fully saturated rings. The smallest absolute Gasteiger partial charge is 0.240 e. The summed E-state index contributed by atoms with van der Waals surface area (Å²) in [5.41, 5.74) is 2.00. The molecule has 130 valence electrons. The maximum absolute atomic E-state index is 12.6. The van der Waals surface area contributed by atoms with Crippen LogP contribution in [0.3, 0.4) is 0 Å². The molecule has 1 saturated heterocycles. The SMILES string of the molecule is Cc1nc2ccccc2n1CC(=O)NC1CC(C)(C)NC(C)(C)C1. The molecule has 1 aliphatic heterocycles. The lowest BCUT2D eigenvalue weighted by Crippen LogP contribution is -2.62. The minimum Gasteiger partial charge on any atom is -0.352 e. The summed E-state index contributed by atoms with van der Waals surface area (Å²) >= 11 is 0. The highest BCUT2D eigenvalue weighted by Gasteiger charge is 2.38. The molecule has 0 atom stereocenters. The molecule has 24 heavy (non-hydrogen) atoms. The Morgan fingerprint density at radius 3 is 2.54 bits per heavy atom. The largest absolute Gasteiger partial charge is 0.352 e. The third-order valence-electron chi connectivity index (χ3n) is 4.70. The number of hydrogen-bond acceptors (Lipinski definition) is 3. The second kappa shape index (κ2) is 5.88. The van der Waals surface area contributed by atoms with Gasteiger partial charge in [0.25, 0.3) is 0 Å². The molecule has 5 heteroatoms. The predicted molar refractivity (Wildman–Crippen MR) is 96.9 cm³/mol. The van der Waals surface area contributed by atoms with Crippen molar-refractivity contribution in [2.75, 3.05) is 0 Å². The Hall–Kier alpha value is -1.88. The molecule has 3 rings (SSSR count). The van der Waals surface area contributed by atoms with Crippen LogP contribution in [-0.4, -0.2) is 32.6 Å². The Balaban J connectivity index is 1.72. The van der Waals surface area contributed by atoms with Crippen molar-refractivity contribution in [1.82, 2.24) is 20.2 Å².